The SMILES string of the molecule is Cc1cccc(CNc2cc(C(N)=O)ccc2Cl)c1C. The molecule has 0 spiro atoms. The van der Waals surface area contributed by atoms with E-state index in [1.165, 1.54) is 16.7 Å². The maximum Gasteiger partial charge on any atom is 0.248 e. The first kappa shape index (κ1) is 14.4. The zero-order valence-electron chi connectivity index (χ0n) is 11.5. The van der Waals surface area contributed by atoms with Gasteiger partial charge in [-0.15, -0.1) is 0 Å². The molecule has 0 atom stereocenters. The standard InChI is InChI=1S/C16H17ClN2O/c1-10-4-3-5-13(11(10)2)9-19-15-8-12(16(18)20)6-7-14(15)17/h3-8,19H,9H2,1-2H3,(H2,18,20). The van der Waals surface area contributed by atoms with Crippen molar-refractivity contribution in [3.05, 3.63) is 63.7 Å². The number of anilines is 1. The fourth-order valence-electron chi connectivity index (χ4n) is 2.01. The van der Waals surface area contributed by atoms with Crippen LogP contribution in [0.5, 0.6) is 0 Å². The van der Waals surface area contributed by atoms with Crippen LogP contribution in [0.25, 0.3) is 0 Å². The molecule has 2 aromatic carbocycles. The molecule has 104 valence electrons. The van der Waals surface area contributed by atoms with Crippen molar-refractivity contribution in [2.75, 3.05) is 5.32 Å². The molecule has 20 heavy (non-hydrogen) atoms. The lowest BCUT2D eigenvalue weighted by Crippen LogP contribution is -2.11. The van der Waals surface area contributed by atoms with Gasteiger partial charge in [0, 0.05) is 12.1 Å². The average molecular weight is 289 g/mol. The molecule has 2 aromatic rings. The molecule has 0 aliphatic rings. The van der Waals surface area contributed by atoms with Crippen LogP contribution in [0.2, 0.25) is 5.02 Å². The Morgan fingerprint density at radius 3 is 2.70 bits per heavy atom. The van der Waals surface area contributed by atoms with Crippen molar-refractivity contribution in [1.82, 2.24) is 0 Å². The molecular weight excluding hydrogens is 272 g/mol. The quantitative estimate of drug-likeness (QED) is 0.902. The van der Waals surface area contributed by atoms with Crippen molar-refractivity contribution in [3.8, 4) is 0 Å². The van der Waals surface area contributed by atoms with Gasteiger partial charge in [-0.05, 0) is 48.7 Å². The lowest BCUT2D eigenvalue weighted by atomic mass is 10.0. The van der Waals surface area contributed by atoms with Crippen LogP contribution in [0.15, 0.2) is 36.4 Å². The Labute approximate surface area is 123 Å². The Balaban J connectivity index is 2.20. The Morgan fingerprint density at radius 1 is 1.25 bits per heavy atom. The Hall–Kier alpha value is -2.00. The third kappa shape index (κ3) is 3.11. The average Bonchev–Trinajstić information content (AvgIpc) is 2.41. The van der Waals surface area contributed by atoms with Crippen LogP contribution >= 0.6 is 11.6 Å². The highest BCUT2D eigenvalue weighted by molar-refractivity contribution is 6.33. The number of amides is 1. The number of nitrogens with two attached hydrogens (primary N) is 1. The molecule has 2 rings (SSSR count). The van der Waals surface area contributed by atoms with Gasteiger partial charge in [0.1, 0.15) is 0 Å². The highest BCUT2D eigenvalue weighted by Gasteiger charge is 2.07. The fourth-order valence-corrected chi connectivity index (χ4v) is 2.19. The monoisotopic (exact) mass is 288 g/mol. The number of rotatable bonds is 4. The zero-order valence-corrected chi connectivity index (χ0v) is 12.3. The first-order valence-electron chi connectivity index (χ1n) is 6.37. The molecule has 0 saturated carbocycles. The summed E-state index contributed by atoms with van der Waals surface area (Å²) in [6.45, 7) is 4.82. The molecule has 0 aliphatic carbocycles. The summed E-state index contributed by atoms with van der Waals surface area (Å²) >= 11 is 6.12. The summed E-state index contributed by atoms with van der Waals surface area (Å²) in [6.07, 6.45) is 0. The third-order valence-corrected chi connectivity index (χ3v) is 3.77. The number of nitrogens with one attached hydrogen (secondary N) is 1. The summed E-state index contributed by atoms with van der Waals surface area (Å²) in [5.74, 6) is -0.462. The van der Waals surface area contributed by atoms with Crippen LogP contribution in [-0.2, 0) is 6.54 Å². The molecule has 0 fully saturated rings. The second kappa shape index (κ2) is 5.97. The summed E-state index contributed by atoms with van der Waals surface area (Å²) in [7, 11) is 0. The van der Waals surface area contributed by atoms with Crippen molar-refractivity contribution in [1.29, 1.82) is 0 Å². The minimum Gasteiger partial charge on any atom is -0.380 e. The lowest BCUT2D eigenvalue weighted by molar-refractivity contribution is 0.100. The van der Waals surface area contributed by atoms with Crippen LogP contribution < -0.4 is 11.1 Å². The fraction of sp³-hybridized carbons (Fsp3) is 0.188. The molecule has 0 heterocycles. The van der Waals surface area contributed by atoms with Gasteiger partial charge in [-0.25, -0.2) is 0 Å². The first-order valence-corrected chi connectivity index (χ1v) is 6.75. The van der Waals surface area contributed by atoms with E-state index in [9.17, 15) is 4.79 Å². The number of hydrogen-bond acceptors (Lipinski definition) is 2. The van der Waals surface area contributed by atoms with Crippen LogP contribution in [0.3, 0.4) is 0 Å². The van der Waals surface area contributed by atoms with Crippen LogP contribution in [-0.4, -0.2) is 5.91 Å². The molecule has 0 saturated heterocycles. The Kier molecular flexibility index (Phi) is 4.30. The predicted octanol–water partition coefficient (Wildman–Crippen LogP) is 3.67. The van der Waals surface area contributed by atoms with Gasteiger partial charge in [0.2, 0.25) is 5.91 Å². The number of aryl methyl sites for hydroxylation is 1. The maximum atomic E-state index is 11.2. The van der Waals surface area contributed by atoms with Gasteiger partial charge in [0.05, 0.1) is 10.7 Å². The minimum atomic E-state index is -0.462. The number of carbonyl (C=O) groups excluding carboxylic acids is 1. The highest BCUT2D eigenvalue weighted by Crippen LogP contribution is 2.24. The summed E-state index contributed by atoms with van der Waals surface area (Å²) in [5.41, 5.74) is 10.1. The van der Waals surface area contributed by atoms with Crippen molar-refractivity contribution in [3.63, 3.8) is 0 Å². The maximum absolute atomic E-state index is 11.2. The Morgan fingerprint density at radius 2 is 2.00 bits per heavy atom. The van der Waals surface area contributed by atoms with Gasteiger partial charge in [0.25, 0.3) is 0 Å². The van der Waals surface area contributed by atoms with E-state index in [4.69, 9.17) is 17.3 Å². The smallest absolute Gasteiger partial charge is 0.248 e. The number of hydrogen-bond donors (Lipinski definition) is 2. The van der Waals surface area contributed by atoms with Gasteiger partial charge in [-0.3, -0.25) is 4.79 Å². The van der Waals surface area contributed by atoms with E-state index in [2.05, 4.69) is 31.3 Å². The molecule has 4 heteroatoms. The summed E-state index contributed by atoms with van der Waals surface area (Å²) in [5, 5.41) is 3.82. The van der Waals surface area contributed by atoms with Crippen molar-refractivity contribution < 1.29 is 4.79 Å². The van der Waals surface area contributed by atoms with E-state index in [1.807, 2.05) is 6.07 Å². The van der Waals surface area contributed by atoms with Gasteiger partial charge in [0.15, 0.2) is 0 Å². The molecule has 0 radical (unpaired) electrons. The van der Waals surface area contributed by atoms with E-state index in [-0.39, 0.29) is 0 Å². The third-order valence-electron chi connectivity index (χ3n) is 3.44. The molecule has 3 nitrogen and oxygen atoms in total. The van der Waals surface area contributed by atoms with E-state index < -0.39 is 5.91 Å². The van der Waals surface area contributed by atoms with Gasteiger partial charge >= 0.3 is 0 Å². The van der Waals surface area contributed by atoms with E-state index >= 15 is 0 Å². The normalized spacial score (nSPS) is 10.3. The van der Waals surface area contributed by atoms with Crippen LogP contribution in [0.1, 0.15) is 27.0 Å². The number of carbonyl (C=O) groups is 1. The molecule has 1 amide bonds. The summed E-state index contributed by atoms with van der Waals surface area (Å²) in [4.78, 5) is 11.2. The highest BCUT2D eigenvalue weighted by atomic mass is 35.5. The molecule has 0 unspecified atom stereocenters. The van der Waals surface area contributed by atoms with Gasteiger partial charge in [-0.2, -0.15) is 0 Å². The van der Waals surface area contributed by atoms with Crippen molar-refractivity contribution in [2.24, 2.45) is 5.73 Å². The van der Waals surface area contributed by atoms with Gasteiger partial charge in [-0.1, -0.05) is 29.8 Å². The Bertz CT molecular complexity index is 653. The largest absolute Gasteiger partial charge is 0.380 e. The van der Waals surface area contributed by atoms with Gasteiger partial charge < -0.3 is 11.1 Å². The molecule has 3 N–H and O–H groups in total. The molecule has 0 bridgehead atoms. The van der Waals surface area contributed by atoms with E-state index in [0.717, 1.165) is 0 Å². The summed E-state index contributed by atoms with van der Waals surface area (Å²) < 4.78 is 0. The van der Waals surface area contributed by atoms with Crippen molar-refractivity contribution >= 4 is 23.2 Å². The first-order chi connectivity index (χ1) is 9.49. The van der Waals surface area contributed by atoms with E-state index in [0.29, 0.717) is 22.8 Å². The topological polar surface area (TPSA) is 55.1 Å². The zero-order chi connectivity index (χ0) is 14.7. The summed E-state index contributed by atoms with van der Waals surface area (Å²) in [6, 6.07) is 11.2. The second-order valence-corrected chi connectivity index (χ2v) is 5.18. The molecule has 0 aliphatic heterocycles. The van der Waals surface area contributed by atoms with Crippen LogP contribution in [0.4, 0.5) is 5.69 Å². The molecular formula is C16H17ClN2O. The number of halogens is 1. The van der Waals surface area contributed by atoms with Crippen LogP contribution in [0, 0.1) is 13.8 Å². The minimum absolute atomic E-state index is 0.442. The number of primary amides is 1. The second-order valence-electron chi connectivity index (χ2n) is 4.77. The van der Waals surface area contributed by atoms with E-state index in [1.54, 1.807) is 18.2 Å². The number of benzene rings is 2. The predicted molar refractivity (Wildman–Crippen MR) is 83.2 cm³/mol. The van der Waals surface area contributed by atoms with Crippen molar-refractivity contribution in [2.45, 2.75) is 20.4 Å². The lowest BCUT2D eigenvalue weighted by Gasteiger charge is -2.12. The molecule has 0 aromatic heterocycles.